The summed E-state index contributed by atoms with van der Waals surface area (Å²) in [5.41, 5.74) is 3.07. The maximum absolute atomic E-state index is 13.7. The maximum atomic E-state index is 13.7. The van der Waals surface area contributed by atoms with E-state index in [9.17, 15) is 9.90 Å². The molecule has 0 saturated carbocycles. The van der Waals surface area contributed by atoms with Crippen molar-refractivity contribution < 1.29 is 5.11 Å². The number of nitrogens with zero attached hydrogens (tertiary/aromatic N) is 3. The topological polar surface area (TPSA) is 58.4 Å². The SMILES string of the molecule is Cc1cc(O)c([C@@H](c2ccccc2)N2CCC(C)CC2)c(=O)n1Cc1cccnc1. The molecule has 0 unspecified atom stereocenters. The van der Waals surface area contributed by atoms with Gasteiger partial charge in [0.15, 0.2) is 0 Å². The first kappa shape index (κ1) is 20.4. The summed E-state index contributed by atoms with van der Waals surface area (Å²) in [6.07, 6.45) is 5.70. The molecule has 0 bridgehead atoms. The second-order valence-electron chi connectivity index (χ2n) is 8.37. The van der Waals surface area contributed by atoms with Gasteiger partial charge in [0.25, 0.3) is 5.56 Å². The van der Waals surface area contributed by atoms with Crippen LogP contribution in [0, 0.1) is 12.8 Å². The van der Waals surface area contributed by atoms with Crippen molar-refractivity contribution in [2.75, 3.05) is 13.1 Å². The standard InChI is InChI=1S/C25H29N3O2/c1-18-10-13-27(14-11-18)24(21-8-4-3-5-9-21)23-22(29)15-19(2)28(25(23)30)17-20-7-6-12-26-16-20/h3-9,12,15-16,18,24,29H,10-11,13-14,17H2,1-2H3/t24-/m1/s1. The molecule has 0 radical (unpaired) electrons. The molecule has 156 valence electrons. The lowest BCUT2D eigenvalue weighted by molar-refractivity contribution is 0.155. The summed E-state index contributed by atoms with van der Waals surface area (Å²) in [6, 6.07) is 15.4. The molecule has 2 aromatic heterocycles. The summed E-state index contributed by atoms with van der Waals surface area (Å²) >= 11 is 0. The Morgan fingerprint density at radius 3 is 2.53 bits per heavy atom. The molecule has 1 fully saturated rings. The fourth-order valence-electron chi connectivity index (χ4n) is 4.38. The Labute approximate surface area is 177 Å². The number of aromatic hydroxyl groups is 1. The second kappa shape index (κ2) is 8.84. The number of piperidine rings is 1. The van der Waals surface area contributed by atoms with E-state index in [2.05, 4.69) is 16.8 Å². The lowest BCUT2D eigenvalue weighted by Gasteiger charge is -2.37. The van der Waals surface area contributed by atoms with Gasteiger partial charge >= 0.3 is 0 Å². The van der Waals surface area contributed by atoms with Gasteiger partial charge < -0.3 is 9.67 Å². The van der Waals surface area contributed by atoms with Gasteiger partial charge in [0.05, 0.1) is 18.2 Å². The third-order valence-electron chi connectivity index (χ3n) is 6.16. The Hall–Kier alpha value is -2.92. The van der Waals surface area contributed by atoms with E-state index in [4.69, 9.17) is 0 Å². The van der Waals surface area contributed by atoms with E-state index in [1.807, 2.05) is 49.4 Å². The van der Waals surface area contributed by atoms with E-state index in [0.29, 0.717) is 18.0 Å². The van der Waals surface area contributed by atoms with Gasteiger partial charge in [-0.1, -0.05) is 43.3 Å². The van der Waals surface area contributed by atoms with Crippen LogP contribution in [0.2, 0.25) is 0 Å². The lowest BCUT2D eigenvalue weighted by atomic mass is 9.92. The van der Waals surface area contributed by atoms with Crippen LogP contribution in [0.4, 0.5) is 0 Å². The molecular formula is C25H29N3O2. The van der Waals surface area contributed by atoms with Crippen molar-refractivity contribution in [1.82, 2.24) is 14.5 Å². The zero-order valence-electron chi connectivity index (χ0n) is 17.7. The van der Waals surface area contributed by atoms with Crippen LogP contribution in [-0.2, 0) is 6.54 Å². The predicted octanol–water partition coefficient (Wildman–Crippen LogP) is 4.13. The zero-order valence-corrected chi connectivity index (χ0v) is 17.7. The number of aromatic nitrogens is 2. The Morgan fingerprint density at radius 2 is 1.87 bits per heavy atom. The molecule has 3 aromatic rings. The summed E-state index contributed by atoms with van der Waals surface area (Å²) in [6.45, 7) is 6.40. The van der Waals surface area contributed by atoms with Gasteiger partial charge in [-0.15, -0.1) is 0 Å². The lowest BCUT2D eigenvalue weighted by Crippen LogP contribution is -2.40. The summed E-state index contributed by atoms with van der Waals surface area (Å²) in [5.74, 6) is 0.763. The number of hydrogen-bond acceptors (Lipinski definition) is 4. The summed E-state index contributed by atoms with van der Waals surface area (Å²) in [4.78, 5) is 20.2. The monoisotopic (exact) mass is 403 g/mol. The minimum absolute atomic E-state index is 0.0763. The first-order valence-electron chi connectivity index (χ1n) is 10.7. The minimum atomic E-state index is -0.257. The molecule has 30 heavy (non-hydrogen) atoms. The highest BCUT2D eigenvalue weighted by molar-refractivity contribution is 5.41. The van der Waals surface area contributed by atoms with Crippen molar-refractivity contribution in [1.29, 1.82) is 0 Å². The highest BCUT2D eigenvalue weighted by atomic mass is 16.3. The second-order valence-corrected chi connectivity index (χ2v) is 8.37. The van der Waals surface area contributed by atoms with Gasteiger partial charge in [0.1, 0.15) is 5.75 Å². The summed E-state index contributed by atoms with van der Waals surface area (Å²) < 4.78 is 1.74. The van der Waals surface area contributed by atoms with Crippen LogP contribution in [0.25, 0.3) is 0 Å². The smallest absolute Gasteiger partial charge is 0.259 e. The van der Waals surface area contributed by atoms with Crippen LogP contribution in [0.3, 0.4) is 0 Å². The Balaban J connectivity index is 1.82. The highest BCUT2D eigenvalue weighted by Gasteiger charge is 2.31. The highest BCUT2D eigenvalue weighted by Crippen LogP contribution is 2.35. The number of hydrogen-bond donors (Lipinski definition) is 1. The normalized spacial score (nSPS) is 16.5. The van der Waals surface area contributed by atoms with E-state index < -0.39 is 0 Å². The number of likely N-dealkylation sites (tertiary alicyclic amines) is 1. The van der Waals surface area contributed by atoms with E-state index in [-0.39, 0.29) is 17.4 Å². The van der Waals surface area contributed by atoms with Crippen LogP contribution in [-0.4, -0.2) is 32.6 Å². The summed E-state index contributed by atoms with van der Waals surface area (Å²) in [7, 11) is 0. The predicted molar refractivity (Wildman–Crippen MR) is 119 cm³/mol. The van der Waals surface area contributed by atoms with Crippen LogP contribution >= 0.6 is 0 Å². The number of pyridine rings is 2. The van der Waals surface area contributed by atoms with Gasteiger partial charge in [-0.25, -0.2) is 0 Å². The molecule has 1 N–H and O–H groups in total. The van der Waals surface area contributed by atoms with Crippen LogP contribution in [0.5, 0.6) is 5.75 Å². The fourth-order valence-corrected chi connectivity index (χ4v) is 4.38. The molecule has 5 heteroatoms. The van der Waals surface area contributed by atoms with Gasteiger partial charge in [-0.05, 0) is 62.0 Å². The van der Waals surface area contributed by atoms with Crippen LogP contribution < -0.4 is 5.56 Å². The molecule has 0 spiro atoms. The van der Waals surface area contributed by atoms with Crippen molar-refractivity contribution >= 4 is 0 Å². The van der Waals surface area contributed by atoms with E-state index >= 15 is 0 Å². The van der Waals surface area contributed by atoms with Gasteiger partial charge in [-0.2, -0.15) is 0 Å². The molecule has 3 heterocycles. The average molecular weight is 404 g/mol. The molecule has 1 aromatic carbocycles. The largest absolute Gasteiger partial charge is 0.507 e. The van der Waals surface area contributed by atoms with Crippen molar-refractivity contribution in [3.8, 4) is 5.75 Å². The molecule has 1 aliphatic heterocycles. The Bertz CT molecular complexity index is 1040. The Kier molecular flexibility index (Phi) is 6.00. The molecule has 5 nitrogen and oxygen atoms in total. The molecular weight excluding hydrogens is 374 g/mol. The molecule has 0 amide bonds. The fraction of sp³-hybridized carbons (Fsp3) is 0.360. The number of benzene rings is 1. The summed E-state index contributed by atoms with van der Waals surface area (Å²) in [5, 5.41) is 10.9. The average Bonchev–Trinajstić information content (AvgIpc) is 2.76. The van der Waals surface area contributed by atoms with Crippen LogP contribution in [0.1, 0.15) is 48.2 Å². The number of aryl methyl sites for hydroxylation is 1. The minimum Gasteiger partial charge on any atom is -0.507 e. The van der Waals surface area contributed by atoms with Crippen molar-refractivity contribution in [2.45, 2.75) is 39.3 Å². The number of rotatable bonds is 5. The molecule has 1 saturated heterocycles. The molecule has 0 aliphatic carbocycles. The van der Waals surface area contributed by atoms with Crippen molar-refractivity contribution in [2.24, 2.45) is 5.92 Å². The first-order valence-corrected chi connectivity index (χ1v) is 10.7. The van der Waals surface area contributed by atoms with Gasteiger partial charge in [0.2, 0.25) is 0 Å². The maximum Gasteiger partial charge on any atom is 0.259 e. The third kappa shape index (κ3) is 4.17. The van der Waals surface area contributed by atoms with Gasteiger partial charge in [-0.3, -0.25) is 14.7 Å². The van der Waals surface area contributed by atoms with E-state index in [1.54, 1.807) is 23.0 Å². The van der Waals surface area contributed by atoms with E-state index in [1.165, 1.54) is 0 Å². The van der Waals surface area contributed by atoms with Crippen LogP contribution in [0.15, 0.2) is 65.7 Å². The van der Waals surface area contributed by atoms with Crippen molar-refractivity contribution in [3.05, 3.63) is 93.7 Å². The first-order chi connectivity index (χ1) is 14.5. The van der Waals surface area contributed by atoms with Crippen molar-refractivity contribution in [3.63, 3.8) is 0 Å². The van der Waals surface area contributed by atoms with Gasteiger partial charge in [0, 0.05) is 18.1 Å². The van der Waals surface area contributed by atoms with E-state index in [0.717, 1.165) is 42.8 Å². The molecule has 1 aliphatic rings. The zero-order chi connectivity index (χ0) is 21.1. The molecule has 4 rings (SSSR count). The quantitative estimate of drug-likeness (QED) is 0.696. The molecule has 1 atom stereocenters. The Morgan fingerprint density at radius 1 is 1.13 bits per heavy atom. The third-order valence-corrected chi connectivity index (χ3v) is 6.16.